The van der Waals surface area contributed by atoms with Crippen molar-refractivity contribution >= 4 is 0 Å². The van der Waals surface area contributed by atoms with E-state index in [9.17, 15) is 0 Å². The normalized spacial score (nSPS) is 25.1. The van der Waals surface area contributed by atoms with Gasteiger partial charge in [0.15, 0.2) is 0 Å². The van der Waals surface area contributed by atoms with Gasteiger partial charge < -0.3 is 5.32 Å². The predicted octanol–water partition coefficient (Wildman–Crippen LogP) is 1.38. The fraction of sp³-hybridized carbons (Fsp3) is 0.769. The highest BCUT2D eigenvalue weighted by atomic mass is 15.3. The molecule has 1 unspecified atom stereocenters. The van der Waals surface area contributed by atoms with Crippen molar-refractivity contribution in [2.75, 3.05) is 13.1 Å². The summed E-state index contributed by atoms with van der Waals surface area (Å²) in [5.41, 5.74) is 1.53. The summed E-state index contributed by atoms with van der Waals surface area (Å²) in [5, 5.41) is 7.86. The van der Waals surface area contributed by atoms with E-state index in [0.717, 1.165) is 19.6 Å². The van der Waals surface area contributed by atoms with Gasteiger partial charge >= 0.3 is 0 Å². The molecule has 1 aliphatic rings. The van der Waals surface area contributed by atoms with Gasteiger partial charge in [-0.05, 0) is 20.3 Å². The van der Waals surface area contributed by atoms with Crippen molar-refractivity contribution in [2.24, 2.45) is 7.05 Å². The van der Waals surface area contributed by atoms with Crippen LogP contribution in [0.25, 0.3) is 0 Å². The summed E-state index contributed by atoms with van der Waals surface area (Å²) < 4.78 is 1.88. The average molecular weight is 236 g/mol. The first kappa shape index (κ1) is 12.6. The molecule has 1 saturated heterocycles. The number of piperazine rings is 1. The van der Waals surface area contributed by atoms with Crippen molar-refractivity contribution in [3.63, 3.8) is 0 Å². The Morgan fingerprint density at radius 2 is 2.29 bits per heavy atom. The average Bonchev–Trinajstić information content (AvgIpc) is 2.67. The van der Waals surface area contributed by atoms with E-state index in [1.165, 1.54) is 12.0 Å². The third kappa shape index (κ3) is 2.87. The molecule has 1 fully saturated rings. The molecule has 2 heterocycles. The molecular weight excluding hydrogens is 212 g/mol. The number of hydrogen-bond donors (Lipinski definition) is 1. The minimum absolute atomic E-state index is 0.224. The molecule has 1 aromatic rings. The Balaban J connectivity index is 2.05. The van der Waals surface area contributed by atoms with Crippen LogP contribution in [0, 0.1) is 0 Å². The molecule has 1 N–H and O–H groups in total. The summed E-state index contributed by atoms with van der Waals surface area (Å²) in [5.74, 6) is 0. The molecule has 0 radical (unpaired) electrons. The maximum atomic E-state index is 4.24. The lowest BCUT2D eigenvalue weighted by atomic mass is 9.96. The highest BCUT2D eigenvalue weighted by Gasteiger charge is 2.33. The van der Waals surface area contributed by atoms with E-state index in [1.54, 1.807) is 0 Å². The van der Waals surface area contributed by atoms with E-state index in [1.807, 2.05) is 17.9 Å². The van der Waals surface area contributed by atoms with Gasteiger partial charge in [-0.1, -0.05) is 6.92 Å². The maximum absolute atomic E-state index is 4.24. The van der Waals surface area contributed by atoms with Crippen molar-refractivity contribution in [1.29, 1.82) is 0 Å². The van der Waals surface area contributed by atoms with E-state index in [0.29, 0.717) is 6.04 Å². The van der Waals surface area contributed by atoms with Gasteiger partial charge in [0.25, 0.3) is 0 Å². The maximum Gasteiger partial charge on any atom is 0.0534 e. The van der Waals surface area contributed by atoms with Crippen molar-refractivity contribution < 1.29 is 0 Å². The molecule has 0 spiro atoms. The molecule has 0 bridgehead atoms. The topological polar surface area (TPSA) is 33.1 Å². The first-order chi connectivity index (χ1) is 8.01. The fourth-order valence-corrected chi connectivity index (χ4v) is 2.41. The van der Waals surface area contributed by atoms with Crippen molar-refractivity contribution in [2.45, 2.75) is 45.3 Å². The molecule has 0 saturated carbocycles. The first-order valence-electron chi connectivity index (χ1n) is 6.47. The number of aryl methyl sites for hydroxylation is 1. The Morgan fingerprint density at radius 1 is 1.53 bits per heavy atom. The van der Waals surface area contributed by atoms with Crippen molar-refractivity contribution in [1.82, 2.24) is 20.0 Å². The van der Waals surface area contributed by atoms with Crippen LogP contribution < -0.4 is 5.32 Å². The molecule has 1 aromatic heterocycles. The van der Waals surface area contributed by atoms with Crippen LogP contribution in [0.15, 0.2) is 12.4 Å². The minimum Gasteiger partial charge on any atom is -0.311 e. The van der Waals surface area contributed by atoms with Crippen LogP contribution in [-0.2, 0) is 13.6 Å². The second kappa shape index (κ2) is 4.78. The number of aromatic nitrogens is 2. The lowest BCUT2D eigenvalue weighted by molar-refractivity contribution is 0.0577. The van der Waals surface area contributed by atoms with Crippen LogP contribution in [0.1, 0.15) is 32.8 Å². The van der Waals surface area contributed by atoms with Gasteiger partial charge in [-0.15, -0.1) is 0 Å². The number of rotatable bonds is 3. The van der Waals surface area contributed by atoms with Gasteiger partial charge in [0.1, 0.15) is 0 Å². The zero-order valence-electron chi connectivity index (χ0n) is 11.4. The molecule has 0 amide bonds. The van der Waals surface area contributed by atoms with Crippen LogP contribution >= 0.6 is 0 Å². The van der Waals surface area contributed by atoms with Crippen LogP contribution in [0.5, 0.6) is 0 Å². The largest absolute Gasteiger partial charge is 0.311 e. The number of nitrogens with zero attached hydrogens (tertiary/aromatic N) is 3. The molecule has 0 aliphatic carbocycles. The highest BCUT2D eigenvalue weighted by molar-refractivity contribution is 5.06. The molecule has 1 atom stereocenters. The molecule has 4 nitrogen and oxygen atoms in total. The second-order valence-electron chi connectivity index (χ2n) is 5.70. The third-order valence-electron chi connectivity index (χ3n) is 3.74. The quantitative estimate of drug-likeness (QED) is 0.861. The predicted molar refractivity (Wildman–Crippen MR) is 69.8 cm³/mol. The molecule has 1 aliphatic heterocycles. The van der Waals surface area contributed by atoms with E-state index in [2.05, 4.69) is 42.3 Å². The molecule has 96 valence electrons. The molecular formula is C13H24N4. The van der Waals surface area contributed by atoms with Gasteiger partial charge in [-0.2, -0.15) is 5.10 Å². The van der Waals surface area contributed by atoms with Gasteiger partial charge in [0.05, 0.1) is 6.20 Å². The molecule has 2 rings (SSSR count). The zero-order chi connectivity index (χ0) is 12.5. The van der Waals surface area contributed by atoms with E-state index in [-0.39, 0.29) is 5.54 Å². The van der Waals surface area contributed by atoms with Crippen LogP contribution in [-0.4, -0.2) is 39.4 Å². The first-order valence-corrected chi connectivity index (χ1v) is 6.47. The molecule has 17 heavy (non-hydrogen) atoms. The van der Waals surface area contributed by atoms with E-state index in [4.69, 9.17) is 0 Å². The summed E-state index contributed by atoms with van der Waals surface area (Å²) in [4.78, 5) is 2.56. The lowest BCUT2D eigenvalue weighted by Crippen LogP contribution is -2.61. The number of nitrogens with one attached hydrogen (secondary N) is 1. The number of hydrogen-bond acceptors (Lipinski definition) is 3. The Labute approximate surface area is 104 Å². The Morgan fingerprint density at radius 3 is 2.88 bits per heavy atom. The van der Waals surface area contributed by atoms with E-state index >= 15 is 0 Å². The standard InChI is InChI=1S/C13H24N4/c1-5-12-9-17(13(2,3)10-14-12)8-11-6-15-16(4)7-11/h6-7,12,14H,5,8-10H2,1-4H3. The van der Waals surface area contributed by atoms with Gasteiger partial charge in [0, 0.05) is 50.0 Å². The van der Waals surface area contributed by atoms with E-state index < -0.39 is 0 Å². The molecule has 4 heteroatoms. The summed E-state index contributed by atoms with van der Waals surface area (Å²) in [7, 11) is 1.97. The van der Waals surface area contributed by atoms with Crippen molar-refractivity contribution in [3.05, 3.63) is 18.0 Å². The Kier molecular flexibility index (Phi) is 3.54. The van der Waals surface area contributed by atoms with Gasteiger partial charge in [-0.25, -0.2) is 0 Å². The summed E-state index contributed by atoms with van der Waals surface area (Å²) >= 11 is 0. The van der Waals surface area contributed by atoms with Gasteiger partial charge in [0.2, 0.25) is 0 Å². The zero-order valence-corrected chi connectivity index (χ0v) is 11.4. The van der Waals surface area contributed by atoms with Crippen molar-refractivity contribution in [3.8, 4) is 0 Å². The second-order valence-corrected chi connectivity index (χ2v) is 5.70. The monoisotopic (exact) mass is 236 g/mol. The van der Waals surface area contributed by atoms with Gasteiger partial charge in [-0.3, -0.25) is 9.58 Å². The Bertz CT molecular complexity index is 369. The highest BCUT2D eigenvalue weighted by Crippen LogP contribution is 2.21. The Hall–Kier alpha value is -0.870. The van der Waals surface area contributed by atoms with Crippen LogP contribution in [0.4, 0.5) is 0 Å². The summed E-state index contributed by atoms with van der Waals surface area (Å²) in [6.07, 6.45) is 5.28. The minimum atomic E-state index is 0.224. The lowest BCUT2D eigenvalue weighted by Gasteiger charge is -2.46. The molecule has 0 aromatic carbocycles. The third-order valence-corrected chi connectivity index (χ3v) is 3.74. The smallest absolute Gasteiger partial charge is 0.0534 e. The SMILES string of the molecule is CCC1CN(Cc2cnn(C)c2)C(C)(C)CN1. The van der Waals surface area contributed by atoms with Crippen LogP contribution in [0.3, 0.4) is 0 Å². The fourth-order valence-electron chi connectivity index (χ4n) is 2.41. The van der Waals surface area contributed by atoms with Crippen LogP contribution in [0.2, 0.25) is 0 Å². The summed E-state index contributed by atoms with van der Waals surface area (Å²) in [6.45, 7) is 10.0. The summed E-state index contributed by atoms with van der Waals surface area (Å²) in [6, 6.07) is 0.625.